The largest absolute Gasteiger partial charge is 0.472 e. The molecule has 0 saturated heterocycles. The van der Waals surface area contributed by atoms with E-state index in [-0.39, 0.29) is 32.6 Å². The predicted molar refractivity (Wildman–Crippen MR) is 394 cm³/mol. The van der Waals surface area contributed by atoms with Gasteiger partial charge in [0.1, 0.15) is 6.61 Å². The van der Waals surface area contributed by atoms with Crippen molar-refractivity contribution in [2.45, 2.75) is 251 Å². The maximum absolute atomic E-state index is 12.8. The molecular formula is C81H126NO8P. The van der Waals surface area contributed by atoms with Gasteiger partial charge in [0.2, 0.25) is 0 Å². The number of nitrogens with two attached hydrogens (primary N) is 1. The maximum atomic E-state index is 12.8. The molecule has 0 aliphatic rings. The van der Waals surface area contributed by atoms with Crippen LogP contribution in [0.15, 0.2) is 219 Å². The summed E-state index contributed by atoms with van der Waals surface area (Å²) in [4.78, 5) is 35.4. The monoisotopic (exact) mass is 1270 g/mol. The van der Waals surface area contributed by atoms with Gasteiger partial charge in [-0.3, -0.25) is 18.6 Å². The van der Waals surface area contributed by atoms with Gasteiger partial charge in [0, 0.05) is 19.4 Å². The van der Waals surface area contributed by atoms with E-state index in [9.17, 15) is 19.0 Å². The minimum absolute atomic E-state index is 0.0378. The van der Waals surface area contributed by atoms with Crippen LogP contribution in [0.3, 0.4) is 0 Å². The van der Waals surface area contributed by atoms with Gasteiger partial charge in [-0.2, -0.15) is 0 Å². The van der Waals surface area contributed by atoms with E-state index in [0.29, 0.717) is 12.8 Å². The highest BCUT2D eigenvalue weighted by molar-refractivity contribution is 7.47. The Hall–Kier alpha value is -5.67. The molecule has 0 aliphatic carbocycles. The number of carbonyl (C=O) groups excluding carboxylic acids is 2. The zero-order chi connectivity index (χ0) is 65.8. The minimum atomic E-state index is -4.42. The smallest absolute Gasteiger partial charge is 0.462 e. The highest BCUT2D eigenvalue weighted by Crippen LogP contribution is 2.43. The lowest BCUT2D eigenvalue weighted by atomic mass is 10.1. The van der Waals surface area contributed by atoms with Crippen molar-refractivity contribution in [3.63, 3.8) is 0 Å². The fourth-order valence-electron chi connectivity index (χ4n) is 8.74. The molecule has 3 N–H and O–H groups in total. The molecule has 10 heteroatoms. The van der Waals surface area contributed by atoms with Crippen LogP contribution in [0.4, 0.5) is 0 Å². The third-order valence-electron chi connectivity index (χ3n) is 13.9. The first-order valence-corrected chi connectivity index (χ1v) is 36.7. The first-order valence-electron chi connectivity index (χ1n) is 35.2. The van der Waals surface area contributed by atoms with Gasteiger partial charge in [0.25, 0.3) is 0 Å². The predicted octanol–water partition coefficient (Wildman–Crippen LogP) is 23.6. The first-order chi connectivity index (χ1) is 44.8. The third kappa shape index (κ3) is 73.3. The number of hydrogen-bond acceptors (Lipinski definition) is 8. The Bertz CT molecular complexity index is 2290. The summed E-state index contributed by atoms with van der Waals surface area (Å²) in [6, 6.07) is 0. The Kier molecular flexibility index (Phi) is 68.8. The molecule has 91 heavy (non-hydrogen) atoms. The quantitative estimate of drug-likeness (QED) is 0.0264. The van der Waals surface area contributed by atoms with Gasteiger partial charge in [-0.15, -0.1) is 0 Å². The van der Waals surface area contributed by atoms with E-state index in [2.05, 4.69) is 233 Å². The molecule has 0 aromatic rings. The summed E-state index contributed by atoms with van der Waals surface area (Å²) >= 11 is 0. The van der Waals surface area contributed by atoms with Gasteiger partial charge in [0.15, 0.2) is 6.10 Å². The lowest BCUT2D eigenvalue weighted by molar-refractivity contribution is -0.161. The van der Waals surface area contributed by atoms with E-state index in [1.54, 1.807) is 0 Å². The van der Waals surface area contributed by atoms with E-state index in [1.807, 2.05) is 0 Å². The number of esters is 2. The number of hydrogen-bond donors (Lipinski definition) is 2. The van der Waals surface area contributed by atoms with Gasteiger partial charge >= 0.3 is 19.8 Å². The third-order valence-corrected chi connectivity index (χ3v) is 14.8. The molecule has 0 aromatic heterocycles. The Morgan fingerprint density at radius 3 is 0.846 bits per heavy atom. The molecule has 0 aromatic carbocycles. The number of unbranched alkanes of at least 4 members (excludes halogenated alkanes) is 14. The van der Waals surface area contributed by atoms with Crippen molar-refractivity contribution in [1.82, 2.24) is 0 Å². The lowest BCUT2D eigenvalue weighted by Crippen LogP contribution is -2.29. The Morgan fingerprint density at radius 1 is 0.330 bits per heavy atom. The molecule has 508 valence electrons. The standard InChI is InChI=1S/C81H126NO8P/c1-3-5-7-9-11-13-15-17-19-21-23-25-27-29-31-33-34-35-36-37-38-39-40-41-42-43-44-46-48-50-52-54-56-58-60-62-64-66-68-70-72-74-81(84)90-79(78-89-91(85,86)88-76-75-82)77-87-80(83)73-71-69-67-65-63-61-59-57-55-53-51-49-47-45-32-30-28-26-24-22-20-18-16-14-12-10-8-6-4-2/h5-8,11-14,17-20,23-26,29-32,34-35,37-38,40-41,43-44,47-50,53-56,79H,3-4,9-10,15-16,21-22,27-28,33,36,39,42,45-46,51-52,57-78,82H2,1-2H3,(H,85,86)/b7-5-,8-6-,13-11-,14-12-,19-17-,20-18-,25-23-,26-24-,31-29-,32-30-,35-34-,38-37-,41-40-,44-43-,49-47-,50-48-,55-53-,56-54-. The number of phosphoric ester groups is 1. The van der Waals surface area contributed by atoms with E-state index in [1.165, 1.54) is 32.1 Å². The molecule has 0 bridgehead atoms. The minimum Gasteiger partial charge on any atom is -0.462 e. The second-order valence-corrected chi connectivity index (χ2v) is 23.7. The number of allylic oxidation sites excluding steroid dienone is 36. The summed E-state index contributed by atoms with van der Waals surface area (Å²) in [5, 5.41) is 0. The highest BCUT2D eigenvalue weighted by Gasteiger charge is 2.26. The summed E-state index contributed by atoms with van der Waals surface area (Å²) in [7, 11) is -4.42. The van der Waals surface area contributed by atoms with Crippen LogP contribution in [0.1, 0.15) is 245 Å². The molecule has 0 radical (unpaired) electrons. The fraction of sp³-hybridized carbons (Fsp3) is 0.531. The van der Waals surface area contributed by atoms with Crippen molar-refractivity contribution < 1.29 is 37.6 Å². The van der Waals surface area contributed by atoms with Crippen LogP contribution in [-0.2, 0) is 32.7 Å². The van der Waals surface area contributed by atoms with Crippen LogP contribution in [0, 0.1) is 0 Å². The molecular weight excluding hydrogens is 1150 g/mol. The number of rotatable bonds is 63. The van der Waals surface area contributed by atoms with Crippen molar-refractivity contribution in [3.05, 3.63) is 219 Å². The molecule has 0 heterocycles. The Labute approximate surface area is 556 Å². The van der Waals surface area contributed by atoms with Crippen LogP contribution in [0.5, 0.6) is 0 Å². The fourth-order valence-corrected chi connectivity index (χ4v) is 9.50. The lowest BCUT2D eigenvalue weighted by Gasteiger charge is -2.19. The van der Waals surface area contributed by atoms with Crippen molar-refractivity contribution in [2.75, 3.05) is 26.4 Å². The normalized spacial score (nSPS) is 14.3. The second kappa shape index (κ2) is 73.4. The summed E-state index contributed by atoms with van der Waals surface area (Å²) in [5.41, 5.74) is 5.40. The van der Waals surface area contributed by atoms with Crippen molar-refractivity contribution in [3.8, 4) is 0 Å². The summed E-state index contributed by atoms with van der Waals surface area (Å²) in [5.74, 6) is -0.870. The molecule has 0 aliphatic heterocycles. The molecule has 0 amide bonds. The van der Waals surface area contributed by atoms with E-state index in [4.69, 9.17) is 24.3 Å². The van der Waals surface area contributed by atoms with Gasteiger partial charge < -0.3 is 20.1 Å². The first kappa shape index (κ1) is 85.3. The number of carbonyl (C=O) groups is 2. The number of phosphoric acid groups is 1. The van der Waals surface area contributed by atoms with Crippen LogP contribution in [-0.4, -0.2) is 49.3 Å². The number of ether oxygens (including phenoxy) is 2. The zero-order valence-electron chi connectivity index (χ0n) is 57.0. The topological polar surface area (TPSA) is 134 Å². The average Bonchev–Trinajstić information content (AvgIpc) is 3.74. The molecule has 0 rings (SSSR count). The summed E-state index contributed by atoms with van der Waals surface area (Å²) < 4.78 is 33.1. The molecule has 0 fully saturated rings. The molecule has 2 unspecified atom stereocenters. The Balaban J connectivity index is 4.04. The zero-order valence-corrected chi connectivity index (χ0v) is 57.9. The van der Waals surface area contributed by atoms with Gasteiger partial charge in [-0.05, 0) is 154 Å². The van der Waals surface area contributed by atoms with Gasteiger partial charge in [-0.25, -0.2) is 4.57 Å². The Morgan fingerprint density at radius 2 is 0.571 bits per heavy atom. The van der Waals surface area contributed by atoms with E-state index >= 15 is 0 Å². The van der Waals surface area contributed by atoms with Crippen LogP contribution in [0.2, 0.25) is 0 Å². The van der Waals surface area contributed by atoms with Gasteiger partial charge in [0.05, 0.1) is 13.2 Å². The molecule has 0 spiro atoms. The van der Waals surface area contributed by atoms with Crippen LogP contribution >= 0.6 is 7.82 Å². The highest BCUT2D eigenvalue weighted by atomic mass is 31.2. The summed E-state index contributed by atoms with van der Waals surface area (Å²) in [6.07, 6.45) is 114. The average molecular weight is 1270 g/mol. The van der Waals surface area contributed by atoms with Crippen molar-refractivity contribution >= 4 is 19.8 Å². The van der Waals surface area contributed by atoms with Crippen LogP contribution in [0.25, 0.3) is 0 Å². The van der Waals surface area contributed by atoms with E-state index < -0.39 is 32.5 Å². The van der Waals surface area contributed by atoms with Crippen molar-refractivity contribution in [1.29, 1.82) is 0 Å². The van der Waals surface area contributed by atoms with Crippen LogP contribution < -0.4 is 5.73 Å². The molecule has 0 saturated carbocycles. The molecule has 2 atom stereocenters. The van der Waals surface area contributed by atoms with Crippen molar-refractivity contribution in [2.24, 2.45) is 5.73 Å². The summed E-state index contributed by atoms with van der Waals surface area (Å²) in [6.45, 7) is 3.46. The maximum Gasteiger partial charge on any atom is 0.472 e. The SMILES string of the molecule is CC/C=C\C/C=C\C/C=C\C/C=C\C/C=C\C/C=C\C/C=C\C/C=C\C/C=C\C/C=C\C/C=C\CCCCCCCCCC(=O)OC(COC(=O)CCCCCCCCC/C=C\C/C=C\C/C=C\C/C=C\C/C=C\C/C=C\C/C=C\CC)COP(=O)(O)OCCN. The van der Waals surface area contributed by atoms with E-state index in [0.717, 1.165) is 173 Å². The molecule has 9 nitrogen and oxygen atoms in total. The van der Waals surface area contributed by atoms with Gasteiger partial charge in [-0.1, -0.05) is 297 Å². The second-order valence-electron chi connectivity index (χ2n) is 22.3.